The molecule has 0 N–H and O–H groups in total. The molecule has 0 unspecified atom stereocenters. The predicted octanol–water partition coefficient (Wildman–Crippen LogP) is 3.59. The Morgan fingerprint density at radius 1 is 1.12 bits per heavy atom. The van der Waals surface area contributed by atoms with Gasteiger partial charge in [-0.1, -0.05) is 53.2 Å². The molecule has 2 aromatic rings. The predicted molar refractivity (Wildman–Crippen MR) is 95.6 cm³/mol. The Morgan fingerprint density at radius 3 is 2.76 bits per heavy atom. The zero-order valence-corrected chi connectivity index (χ0v) is 14.3. The molecular formula is C20H17ClN2O2. The highest BCUT2D eigenvalue weighted by molar-refractivity contribution is 6.30. The number of hydrogen-bond acceptors (Lipinski definition) is 3. The number of benzene rings is 2. The molecule has 5 rings (SSSR count). The maximum Gasteiger partial charge on any atom is 0.236 e. The lowest BCUT2D eigenvalue weighted by molar-refractivity contribution is -0.130. The highest BCUT2D eigenvalue weighted by Crippen LogP contribution is 2.45. The second kappa shape index (κ2) is 5.60. The number of hydrogen-bond donors (Lipinski definition) is 0. The highest BCUT2D eigenvalue weighted by atomic mass is 35.5. The third-order valence-electron chi connectivity index (χ3n) is 5.45. The van der Waals surface area contributed by atoms with Crippen LogP contribution in [0, 0.1) is 5.92 Å². The van der Waals surface area contributed by atoms with Crippen molar-refractivity contribution in [2.45, 2.75) is 25.0 Å². The molecule has 3 heterocycles. The van der Waals surface area contributed by atoms with Gasteiger partial charge in [-0.2, -0.15) is 0 Å². The molecule has 0 bridgehead atoms. The lowest BCUT2D eigenvalue weighted by Crippen LogP contribution is -2.32. The molecule has 25 heavy (non-hydrogen) atoms. The van der Waals surface area contributed by atoms with Crippen LogP contribution in [0.25, 0.3) is 0 Å². The number of oxime groups is 1. The van der Waals surface area contributed by atoms with Gasteiger partial charge in [-0.3, -0.25) is 4.79 Å². The fourth-order valence-corrected chi connectivity index (χ4v) is 4.44. The van der Waals surface area contributed by atoms with Gasteiger partial charge in [-0.25, -0.2) is 0 Å². The van der Waals surface area contributed by atoms with Crippen molar-refractivity contribution in [1.82, 2.24) is 4.90 Å². The van der Waals surface area contributed by atoms with Crippen molar-refractivity contribution in [3.05, 3.63) is 70.2 Å². The van der Waals surface area contributed by atoms with Crippen LogP contribution in [0.5, 0.6) is 0 Å². The molecular weight excluding hydrogens is 336 g/mol. The van der Waals surface area contributed by atoms with Gasteiger partial charge in [0, 0.05) is 17.1 Å². The number of amides is 1. The van der Waals surface area contributed by atoms with Gasteiger partial charge in [0.25, 0.3) is 0 Å². The molecule has 0 saturated carbocycles. The molecule has 0 spiro atoms. The first kappa shape index (κ1) is 15.0. The minimum atomic E-state index is -0.336. The summed E-state index contributed by atoms with van der Waals surface area (Å²) in [5.74, 6) is -0.213. The molecule has 2 aromatic carbocycles. The van der Waals surface area contributed by atoms with Gasteiger partial charge in [-0.05, 0) is 36.1 Å². The van der Waals surface area contributed by atoms with E-state index >= 15 is 0 Å². The molecule has 0 radical (unpaired) electrons. The van der Waals surface area contributed by atoms with E-state index < -0.39 is 0 Å². The first-order valence-corrected chi connectivity index (χ1v) is 9.00. The fraction of sp³-hybridized carbons (Fsp3) is 0.300. The molecule has 0 aromatic heterocycles. The Kier molecular flexibility index (Phi) is 3.35. The van der Waals surface area contributed by atoms with Crippen LogP contribution in [-0.4, -0.2) is 29.2 Å². The first-order chi connectivity index (χ1) is 12.2. The third-order valence-corrected chi connectivity index (χ3v) is 5.70. The van der Waals surface area contributed by atoms with Crippen LogP contribution in [0.3, 0.4) is 0 Å². The molecule has 3 aliphatic rings. The number of rotatable bonds is 1. The van der Waals surface area contributed by atoms with Gasteiger partial charge in [0.1, 0.15) is 11.6 Å². The van der Waals surface area contributed by atoms with E-state index in [0.717, 1.165) is 30.7 Å². The molecule has 1 saturated heterocycles. The van der Waals surface area contributed by atoms with Crippen LogP contribution >= 0.6 is 11.6 Å². The second-order valence-electron chi connectivity index (χ2n) is 6.81. The number of fused-ring (bicyclic) bond motifs is 5. The number of nitrogens with zero attached hydrogens (tertiary/aromatic N) is 2. The number of halogens is 1. The summed E-state index contributed by atoms with van der Waals surface area (Å²) in [6.07, 6.45) is 1.72. The van der Waals surface area contributed by atoms with Crippen molar-refractivity contribution in [2.75, 3.05) is 6.54 Å². The SMILES string of the molecule is O=C1[C@@H]2C(c3ccc(Cl)cc3)=NO[C@@H]2[C@H]2c3ccccc3CCCN12. The summed E-state index contributed by atoms with van der Waals surface area (Å²) < 4.78 is 0. The zero-order chi connectivity index (χ0) is 17.0. The maximum atomic E-state index is 13.2. The van der Waals surface area contributed by atoms with Crippen molar-refractivity contribution >= 4 is 23.2 Å². The fourth-order valence-electron chi connectivity index (χ4n) is 4.32. The average molecular weight is 353 g/mol. The molecule has 3 atom stereocenters. The number of carbonyl (C=O) groups is 1. The number of aryl methyl sites for hydroxylation is 1. The van der Waals surface area contributed by atoms with Crippen LogP contribution in [0.4, 0.5) is 0 Å². The van der Waals surface area contributed by atoms with E-state index in [2.05, 4.69) is 23.4 Å². The standard InChI is InChI=1S/C20H17ClN2O2/c21-14-9-7-13(8-10-14)17-16-19(25-22-17)18-15-6-2-1-4-12(15)5-3-11-23(18)20(16)24/h1-2,4,6-10,16,18-19H,3,5,11H2/t16-,18-,19+/m1/s1. The maximum absolute atomic E-state index is 13.2. The van der Waals surface area contributed by atoms with Crippen molar-refractivity contribution in [3.8, 4) is 0 Å². The number of carbonyl (C=O) groups excluding carboxylic acids is 1. The molecule has 1 fully saturated rings. The van der Waals surface area contributed by atoms with Gasteiger partial charge in [-0.15, -0.1) is 0 Å². The summed E-state index contributed by atoms with van der Waals surface area (Å²) in [4.78, 5) is 21.0. The smallest absolute Gasteiger partial charge is 0.236 e. The van der Waals surface area contributed by atoms with E-state index in [1.54, 1.807) is 0 Å². The van der Waals surface area contributed by atoms with Crippen molar-refractivity contribution in [2.24, 2.45) is 11.1 Å². The van der Waals surface area contributed by atoms with Gasteiger partial charge in [0.2, 0.25) is 5.91 Å². The van der Waals surface area contributed by atoms with E-state index in [0.29, 0.717) is 5.02 Å². The van der Waals surface area contributed by atoms with E-state index in [4.69, 9.17) is 16.4 Å². The van der Waals surface area contributed by atoms with Crippen molar-refractivity contribution in [3.63, 3.8) is 0 Å². The van der Waals surface area contributed by atoms with E-state index in [1.165, 1.54) is 11.1 Å². The van der Waals surface area contributed by atoms with Crippen LogP contribution < -0.4 is 0 Å². The quantitative estimate of drug-likeness (QED) is 0.787. The molecule has 5 heteroatoms. The van der Waals surface area contributed by atoms with E-state index in [-0.39, 0.29) is 24.0 Å². The Morgan fingerprint density at radius 2 is 1.92 bits per heavy atom. The molecule has 126 valence electrons. The minimum absolute atomic E-state index is 0.0512. The average Bonchev–Trinajstić information content (AvgIpc) is 3.09. The van der Waals surface area contributed by atoms with Crippen LogP contribution in [0.1, 0.15) is 29.2 Å². The van der Waals surface area contributed by atoms with Gasteiger partial charge >= 0.3 is 0 Å². The van der Waals surface area contributed by atoms with Gasteiger partial charge < -0.3 is 9.74 Å². The topological polar surface area (TPSA) is 41.9 Å². The van der Waals surface area contributed by atoms with Crippen molar-refractivity contribution in [1.29, 1.82) is 0 Å². The Labute approximate surface area is 151 Å². The molecule has 0 aliphatic carbocycles. The van der Waals surface area contributed by atoms with Crippen LogP contribution in [-0.2, 0) is 16.1 Å². The van der Waals surface area contributed by atoms with Crippen molar-refractivity contribution < 1.29 is 9.63 Å². The molecule has 4 nitrogen and oxygen atoms in total. The molecule has 1 amide bonds. The summed E-state index contributed by atoms with van der Waals surface area (Å²) >= 11 is 5.99. The Balaban J connectivity index is 1.56. The zero-order valence-electron chi connectivity index (χ0n) is 13.6. The summed E-state index contributed by atoms with van der Waals surface area (Å²) in [5, 5.41) is 4.96. The normalized spacial score (nSPS) is 27.1. The lowest BCUT2D eigenvalue weighted by atomic mass is 9.88. The summed E-state index contributed by atoms with van der Waals surface area (Å²) in [5.41, 5.74) is 4.13. The van der Waals surface area contributed by atoms with Crippen LogP contribution in [0.15, 0.2) is 53.7 Å². The first-order valence-electron chi connectivity index (χ1n) is 8.62. The van der Waals surface area contributed by atoms with Gasteiger partial charge in [0.05, 0.1) is 6.04 Å². The molecule has 3 aliphatic heterocycles. The Hall–Kier alpha value is -2.33. The third kappa shape index (κ3) is 2.20. The summed E-state index contributed by atoms with van der Waals surface area (Å²) in [7, 11) is 0. The van der Waals surface area contributed by atoms with E-state index in [1.807, 2.05) is 35.2 Å². The lowest BCUT2D eigenvalue weighted by Gasteiger charge is -2.25. The monoisotopic (exact) mass is 352 g/mol. The highest BCUT2D eigenvalue weighted by Gasteiger charge is 2.56. The van der Waals surface area contributed by atoms with Crippen LogP contribution in [0.2, 0.25) is 5.02 Å². The minimum Gasteiger partial charge on any atom is -0.388 e. The Bertz CT molecular complexity index is 878. The van der Waals surface area contributed by atoms with E-state index in [9.17, 15) is 4.79 Å². The summed E-state index contributed by atoms with van der Waals surface area (Å²) in [6, 6.07) is 15.8. The van der Waals surface area contributed by atoms with Gasteiger partial charge in [0.15, 0.2) is 6.10 Å². The summed E-state index contributed by atoms with van der Waals surface area (Å²) in [6.45, 7) is 0.766. The second-order valence-corrected chi connectivity index (χ2v) is 7.25. The largest absolute Gasteiger partial charge is 0.388 e.